The van der Waals surface area contributed by atoms with Crippen LogP contribution >= 0.6 is 0 Å². The SMILES string of the molecule is COc1ncnc(C2CC2)c1-c1ncc2cc(-c3cccnc3)c(=O)n(Cc3ccc(-c4nc(C(F)(F)F)cn4C4CC4)cc3)c2n1. The number of ether oxygens (including phenoxy) is 1. The predicted molar refractivity (Wildman–Crippen MR) is 167 cm³/mol. The molecular formula is C34H27F3N8O2. The van der Waals surface area contributed by atoms with Gasteiger partial charge in [-0.1, -0.05) is 30.3 Å². The minimum absolute atomic E-state index is 0.0105. The van der Waals surface area contributed by atoms with Gasteiger partial charge in [0.25, 0.3) is 5.56 Å². The molecule has 1 aromatic carbocycles. The summed E-state index contributed by atoms with van der Waals surface area (Å²) in [6.45, 7) is 0.142. The van der Waals surface area contributed by atoms with E-state index in [0.29, 0.717) is 45.0 Å². The zero-order valence-corrected chi connectivity index (χ0v) is 25.1. The number of alkyl halides is 3. The Labute approximate surface area is 266 Å². The van der Waals surface area contributed by atoms with Gasteiger partial charge in [0.2, 0.25) is 5.88 Å². The second-order valence-corrected chi connectivity index (χ2v) is 11.9. The number of methoxy groups -OCH3 is 1. The average molecular weight is 637 g/mol. The summed E-state index contributed by atoms with van der Waals surface area (Å²) in [7, 11) is 1.53. The van der Waals surface area contributed by atoms with Gasteiger partial charge in [-0.3, -0.25) is 14.3 Å². The van der Waals surface area contributed by atoms with Crippen molar-refractivity contribution in [2.24, 2.45) is 0 Å². The summed E-state index contributed by atoms with van der Waals surface area (Å²) < 4.78 is 49.3. The lowest BCUT2D eigenvalue weighted by molar-refractivity contribution is -0.140. The summed E-state index contributed by atoms with van der Waals surface area (Å²) in [5.74, 6) is 1.24. The number of fused-ring (bicyclic) bond motifs is 1. The second-order valence-electron chi connectivity index (χ2n) is 11.9. The van der Waals surface area contributed by atoms with Crippen LogP contribution in [0.25, 0.3) is 44.9 Å². The number of pyridine rings is 2. The molecule has 6 aromatic rings. The van der Waals surface area contributed by atoms with Gasteiger partial charge in [-0.05, 0) is 43.4 Å². The highest BCUT2D eigenvalue weighted by Gasteiger charge is 2.37. The van der Waals surface area contributed by atoms with E-state index in [2.05, 4.69) is 24.9 Å². The Morgan fingerprint density at radius 3 is 2.45 bits per heavy atom. The van der Waals surface area contributed by atoms with Crippen LogP contribution in [0.15, 0.2) is 78.4 Å². The zero-order chi connectivity index (χ0) is 32.3. The molecule has 0 radical (unpaired) electrons. The van der Waals surface area contributed by atoms with E-state index in [0.717, 1.165) is 43.1 Å². The summed E-state index contributed by atoms with van der Waals surface area (Å²) in [4.78, 5) is 40.7. The van der Waals surface area contributed by atoms with E-state index in [-0.39, 0.29) is 29.9 Å². The maximum Gasteiger partial charge on any atom is 0.434 e. The summed E-state index contributed by atoms with van der Waals surface area (Å²) in [6, 6.07) is 12.4. The van der Waals surface area contributed by atoms with Gasteiger partial charge in [0.15, 0.2) is 11.5 Å². The van der Waals surface area contributed by atoms with Crippen LogP contribution in [0.2, 0.25) is 0 Å². The van der Waals surface area contributed by atoms with Crippen LogP contribution in [-0.4, -0.2) is 46.1 Å². The highest BCUT2D eigenvalue weighted by Crippen LogP contribution is 2.45. The van der Waals surface area contributed by atoms with Crippen molar-refractivity contribution in [3.05, 3.63) is 101 Å². The standard InChI is InChI=1S/C34H27F3N8O2/c1-47-32-27(28(20-8-9-20)40-18-41-32)29-39-15-23-13-25(22-3-2-12-38-14-22)33(46)45(31(23)43-29)16-19-4-6-21(7-5-19)30-42-26(34(35,36)37)17-44(30)24-10-11-24/h2-7,12-15,17-18,20,24H,8-11,16H2,1H3. The molecule has 0 spiro atoms. The van der Waals surface area contributed by atoms with Crippen LogP contribution in [0.3, 0.4) is 0 Å². The van der Waals surface area contributed by atoms with Crippen molar-refractivity contribution in [1.82, 2.24) is 39.0 Å². The van der Waals surface area contributed by atoms with Gasteiger partial charge in [-0.25, -0.2) is 24.9 Å². The van der Waals surface area contributed by atoms with Crippen molar-refractivity contribution >= 4 is 11.0 Å². The normalized spacial score (nSPS) is 14.9. The Hall–Kier alpha value is -5.46. The lowest BCUT2D eigenvalue weighted by Crippen LogP contribution is -2.24. The highest BCUT2D eigenvalue weighted by molar-refractivity contribution is 5.83. The fourth-order valence-corrected chi connectivity index (χ4v) is 5.89. The molecule has 2 fully saturated rings. The third-order valence-electron chi connectivity index (χ3n) is 8.54. The largest absolute Gasteiger partial charge is 0.480 e. The molecule has 0 aliphatic heterocycles. The number of hydrogen-bond acceptors (Lipinski definition) is 8. The van der Waals surface area contributed by atoms with Crippen LogP contribution in [0.4, 0.5) is 13.2 Å². The molecule has 236 valence electrons. The van der Waals surface area contributed by atoms with E-state index >= 15 is 0 Å². The molecule has 0 N–H and O–H groups in total. The first-order valence-electron chi connectivity index (χ1n) is 15.2. The molecule has 13 heteroatoms. The van der Waals surface area contributed by atoms with Crippen LogP contribution in [0.5, 0.6) is 5.88 Å². The molecule has 0 saturated heterocycles. The lowest BCUT2D eigenvalue weighted by atomic mass is 10.1. The highest BCUT2D eigenvalue weighted by atomic mass is 19.4. The van der Waals surface area contributed by atoms with Crippen LogP contribution in [-0.2, 0) is 12.7 Å². The predicted octanol–water partition coefficient (Wildman–Crippen LogP) is 6.46. The molecule has 0 unspecified atom stereocenters. The Kier molecular flexibility index (Phi) is 6.85. The monoisotopic (exact) mass is 636 g/mol. The molecule has 5 aromatic heterocycles. The lowest BCUT2D eigenvalue weighted by Gasteiger charge is -2.15. The quantitative estimate of drug-likeness (QED) is 0.187. The molecule has 2 saturated carbocycles. The Balaban J connectivity index is 1.24. The number of benzene rings is 1. The fourth-order valence-electron chi connectivity index (χ4n) is 5.89. The fraction of sp³-hybridized carbons (Fsp3) is 0.265. The van der Waals surface area contributed by atoms with E-state index < -0.39 is 11.9 Å². The van der Waals surface area contributed by atoms with Crippen LogP contribution in [0, 0.1) is 0 Å². The second kappa shape index (κ2) is 11.1. The Morgan fingerprint density at radius 2 is 1.77 bits per heavy atom. The summed E-state index contributed by atoms with van der Waals surface area (Å²) >= 11 is 0. The zero-order valence-electron chi connectivity index (χ0n) is 25.1. The number of halogens is 3. The molecule has 2 aliphatic carbocycles. The van der Waals surface area contributed by atoms with Gasteiger partial charge in [0.05, 0.1) is 19.3 Å². The van der Waals surface area contributed by atoms with Crippen molar-refractivity contribution in [2.45, 2.75) is 50.4 Å². The van der Waals surface area contributed by atoms with Crippen molar-refractivity contribution < 1.29 is 17.9 Å². The topological polar surface area (TPSA) is 114 Å². The van der Waals surface area contributed by atoms with E-state index in [9.17, 15) is 18.0 Å². The van der Waals surface area contributed by atoms with Gasteiger partial charge in [-0.15, -0.1) is 0 Å². The minimum Gasteiger partial charge on any atom is -0.480 e. The molecule has 8 rings (SSSR count). The van der Waals surface area contributed by atoms with Crippen molar-refractivity contribution in [2.75, 3.05) is 7.11 Å². The molecule has 0 atom stereocenters. The maximum atomic E-state index is 14.2. The van der Waals surface area contributed by atoms with Gasteiger partial charge in [0.1, 0.15) is 23.4 Å². The smallest absolute Gasteiger partial charge is 0.434 e. The van der Waals surface area contributed by atoms with Crippen molar-refractivity contribution in [3.8, 4) is 39.8 Å². The first-order chi connectivity index (χ1) is 22.8. The summed E-state index contributed by atoms with van der Waals surface area (Å²) in [5, 5.41) is 0.638. The van der Waals surface area contributed by atoms with Crippen LogP contribution < -0.4 is 10.3 Å². The first kappa shape index (κ1) is 29.0. The Bertz CT molecular complexity index is 2190. The van der Waals surface area contributed by atoms with Gasteiger partial charge in [-0.2, -0.15) is 13.2 Å². The number of hydrogen-bond donors (Lipinski definition) is 0. The van der Waals surface area contributed by atoms with Crippen LogP contribution in [0.1, 0.15) is 54.6 Å². The Morgan fingerprint density at radius 1 is 0.957 bits per heavy atom. The summed E-state index contributed by atoms with van der Waals surface area (Å²) in [6.07, 6.45) is 6.59. The summed E-state index contributed by atoms with van der Waals surface area (Å²) in [5.41, 5.74) is 3.02. The molecule has 47 heavy (non-hydrogen) atoms. The molecular weight excluding hydrogens is 609 g/mol. The number of aromatic nitrogens is 8. The van der Waals surface area contributed by atoms with Gasteiger partial charge < -0.3 is 9.30 Å². The molecule has 2 aliphatic rings. The van der Waals surface area contributed by atoms with Gasteiger partial charge >= 0.3 is 6.18 Å². The molecule has 0 amide bonds. The first-order valence-corrected chi connectivity index (χ1v) is 15.2. The third kappa shape index (κ3) is 5.41. The average Bonchev–Trinajstić information content (AvgIpc) is 4.04. The number of nitrogens with zero attached hydrogens (tertiary/aromatic N) is 8. The van der Waals surface area contributed by atoms with E-state index in [4.69, 9.17) is 9.72 Å². The molecule has 0 bridgehead atoms. The maximum absolute atomic E-state index is 14.2. The number of rotatable bonds is 8. The van der Waals surface area contributed by atoms with E-state index in [1.807, 2.05) is 6.07 Å². The minimum atomic E-state index is -4.54. The number of imidazole rings is 1. The molecule has 5 heterocycles. The van der Waals surface area contributed by atoms with Crippen molar-refractivity contribution in [3.63, 3.8) is 0 Å². The molecule has 10 nitrogen and oxygen atoms in total. The van der Waals surface area contributed by atoms with Crippen molar-refractivity contribution in [1.29, 1.82) is 0 Å². The van der Waals surface area contributed by atoms with E-state index in [1.165, 1.54) is 13.4 Å². The third-order valence-corrected chi connectivity index (χ3v) is 8.54. The van der Waals surface area contributed by atoms with Gasteiger partial charge in [0, 0.05) is 58.8 Å². The van der Waals surface area contributed by atoms with E-state index in [1.54, 1.807) is 64.1 Å².